The number of ether oxygens (including phenoxy) is 3. The van der Waals surface area contributed by atoms with Gasteiger partial charge in [-0.25, -0.2) is 0 Å². The summed E-state index contributed by atoms with van der Waals surface area (Å²) in [7, 11) is 0. The Labute approximate surface area is 107 Å². The summed E-state index contributed by atoms with van der Waals surface area (Å²) >= 11 is 0. The van der Waals surface area contributed by atoms with Gasteiger partial charge in [0.05, 0.1) is 18.8 Å². The van der Waals surface area contributed by atoms with Crippen molar-refractivity contribution in [3.63, 3.8) is 0 Å². The fourth-order valence-corrected chi connectivity index (χ4v) is 3.34. The molecular weight excluding hydrogens is 232 g/mol. The van der Waals surface area contributed by atoms with E-state index in [1.807, 2.05) is 6.08 Å². The smallest absolute Gasteiger partial charge is 0.160 e. The van der Waals surface area contributed by atoms with E-state index in [1.165, 1.54) is 6.42 Å². The van der Waals surface area contributed by atoms with Gasteiger partial charge in [-0.15, -0.1) is 0 Å². The number of rotatable bonds is 4. The molecule has 2 aliphatic carbocycles. The van der Waals surface area contributed by atoms with Gasteiger partial charge in [-0.1, -0.05) is 0 Å². The summed E-state index contributed by atoms with van der Waals surface area (Å²) in [5, 5.41) is 10.1. The number of hydrogen-bond donors (Lipinski definition) is 1. The van der Waals surface area contributed by atoms with Gasteiger partial charge in [-0.3, -0.25) is 0 Å². The van der Waals surface area contributed by atoms with Gasteiger partial charge in [-0.05, 0) is 44.1 Å². The lowest BCUT2D eigenvalue weighted by Crippen LogP contribution is -2.28. The van der Waals surface area contributed by atoms with Gasteiger partial charge in [0.15, 0.2) is 12.4 Å². The molecule has 2 saturated heterocycles. The third-order valence-corrected chi connectivity index (χ3v) is 4.66. The van der Waals surface area contributed by atoms with E-state index in [2.05, 4.69) is 0 Å². The fourth-order valence-electron chi connectivity index (χ4n) is 3.34. The molecule has 0 aromatic heterocycles. The van der Waals surface area contributed by atoms with Crippen LogP contribution < -0.4 is 0 Å². The van der Waals surface area contributed by atoms with Crippen LogP contribution in [-0.2, 0) is 14.2 Å². The zero-order valence-electron chi connectivity index (χ0n) is 10.5. The monoisotopic (exact) mass is 252 g/mol. The summed E-state index contributed by atoms with van der Waals surface area (Å²) in [4.78, 5) is 0. The molecule has 2 aliphatic heterocycles. The lowest BCUT2D eigenvalue weighted by atomic mass is 9.90. The molecule has 2 heterocycles. The minimum absolute atomic E-state index is 0.118. The van der Waals surface area contributed by atoms with E-state index in [0.29, 0.717) is 30.8 Å². The Kier molecular flexibility index (Phi) is 2.64. The molecular formula is C14H20O4. The second-order valence-electron chi connectivity index (χ2n) is 6.03. The summed E-state index contributed by atoms with van der Waals surface area (Å²) < 4.78 is 16.5. The van der Waals surface area contributed by atoms with Crippen LogP contribution in [0.15, 0.2) is 11.8 Å². The van der Waals surface area contributed by atoms with Crippen LogP contribution in [0.2, 0.25) is 0 Å². The van der Waals surface area contributed by atoms with Crippen molar-refractivity contribution in [2.75, 3.05) is 6.61 Å². The molecule has 100 valence electrons. The molecule has 6 atom stereocenters. The molecule has 1 saturated carbocycles. The van der Waals surface area contributed by atoms with Crippen molar-refractivity contribution < 1.29 is 19.3 Å². The van der Waals surface area contributed by atoms with Crippen molar-refractivity contribution >= 4 is 0 Å². The van der Waals surface area contributed by atoms with Gasteiger partial charge < -0.3 is 19.3 Å². The van der Waals surface area contributed by atoms with Gasteiger partial charge in [0.25, 0.3) is 0 Å². The molecule has 0 radical (unpaired) electrons. The third-order valence-electron chi connectivity index (χ3n) is 4.66. The largest absolute Gasteiger partial charge is 0.483 e. The Hall–Kier alpha value is -0.580. The van der Waals surface area contributed by atoms with E-state index in [1.54, 1.807) is 0 Å². The van der Waals surface area contributed by atoms with Crippen LogP contribution in [0.5, 0.6) is 0 Å². The first-order chi connectivity index (χ1) is 8.79. The van der Waals surface area contributed by atoms with Crippen molar-refractivity contribution in [1.29, 1.82) is 0 Å². The molecule has 4 nitrogen and oxygen atoms in total. The zero-order valence-corrected chi connectivity index (χ0v) is 10.5. The van der Waals surface area contributed by atoms with Crippen LogP contribution >= 0.6 is 0 Å². The molecule has 18 heavy (non-hydrogen) atoms. The molecule has 4 rings (SSSR count). The highest BCUT2D eigenvalue weighted by Crippen LogP contribution is 2.41. The van der Waals surface area contributed by atoms with Crippen LogP contribution in [0, 0.1) is 11.8 Å². The molecule has 0 aromatic carbocycles. The maximum absolute atomic E-state index is 10.1. The van der Waals surface area contributed by atoms with Crippen LogP contribution in [0.25, 0.3) is 0 Å². The third kappa shape index (κ3) is 2.17. The first-order valence-corrected chi connectivity index (χ1v) is 7.13. The summed E-state index contributed by atoms with van der Waals surface area (Å²) in [6, 6.07) is 0. The summed E-state index contributed by atoms with van der Waals surface area (Å²) in [6.07, 6.45) is 8.19. The lowest BCUT2D eigenvalue weighted by molar-refractivity contribution is -0.136. The number of hydrogen-bond acceptors (Lipinski definition) is 4. The fraction of sp³-hybridized carbons (Fsp3) is 0.857. The minimum atomic E-state index is -0.666. The minimum Gasteiger partial charge on any atom is -0.483 e. The molecule has 3 fully saturated rings. The van der Waals surface area contributed by atoms with Gasteiger partial charge >= 0.3 is 0 Å². The van der Waals surface area contributed by atoms with E-state index >= 15 is 0 Å². The first-order valence-electron chi connectivity index (χ1n) is 7.13. The molecule has 4 aliphatic rings. The van der Waals surface area contributed by atoms with E-state index in [4.69, 9.17) is 14.2 Å². The Morgan fingerprint density at radius 3 is 3.06 bits per heavy atom. The summed E-state index contributed by atoms with van der Waals surface area (Å²) in [5.41, 5.74) is 0. The SMILES string of the molecule is OC(OCC1CCC2OC2C1)C1C=C2OC2CC1. The summed E-state index contributed by atoms with van der Waals surface area (Å²) in [6.45, 7) is 0.664. The van der Waals surface area contributed by atoms with Crippen molar-refractivity contribution in [3.05, 3.63) is 11.8 Å². The number of aliphatic hydroxyl groups excluding tert-OH is 1. The molecule has 0 aromatic rings. The predicted molar refractivity (Wildman–Crippen MR) is 63.6 cm³/mol. The van der Waals surface area contributed by atoms with Crippen LogP contribution in [-0.4, -0.2) is 36.3 Å². The maximum Gasteiger partial charge on any atom is 0.160 e. The van der Waals surface area contributed by atoms with E-state index in [0.717, 1.165) is 31.4 Å². The van der Waals surface area contributed by atoms with E-state index in [-0.39, 0.29) is 5.92 Å². The lowest BCUT2D eigenvalue weighted by Gasteiger charge is -2.24. The molecule has 1 N–H and O–H groups in total. The average Bonchev–Trinajstić information content (AvgIpc) is 3.26. The van der Waals surface area contributed by atoms with Crippen molar-refractivity contribution in [3.8, 4) is 0 Å². The quantitative estimate of drug-likeness (QED) is 0.609. The molecule has 4 heteroatoms. The van der Waals surface area contributed by atoms with Gasteiger partial charge in [0.1, 0.15) is 5.76 Å². The average molecular weight is 252 g/mol. The highest BCUT2D eigenvalue weighted by atomic mass is 16.6. The number of epoxide rings is 2. The highest BCUT2D eigenvalue weighted by Gasteiger charge is 2.44. The van der Waals surface area contributed by atoms with Crippen molar-refractivity contribution in [2.45, 2.75) is 56.7 Å². The first kappa shape index (κ1) is 11.3. The maximum atomic E-state index is 10.1. The van der Waals surface area contributed by atoms with Crippen LogP contribution in [0.4, 0.5) is 0 Å². The van der Waals surface area contributed by atoms with Gasteiger partial charge in [-0.2, -0.15) is 0 Å². The number of aliphatic hydroxyl groups is 1. The Balaban J connectivity index is 1.25. The molecule has 0 bridgehead atoms. The highest BCUT2D eigenvalue weighted by molar-refractivity contribution is 5.18. The Bertz CT molecular complexity index is 367. The molecule has 6 unspecified atom stereocenters. The van der Waals surface area contributed by atoms with Gasteiger partial charge in [0.2, 0.25) is 0 Å². The zero-order chi connectivity index (χ0) is 12.1. The van der Waals surface area contributed by atoms with Crippen LogP contribution in [0.3, 0.4) is 0 Å². The standard InChI is InChI=1S/C14H20O4/c15-14(9-2-4-11-13(6-9)18-11)16-7-8-1-3-10-12(5-8)17-10/h6,8-12,14-15H,1-5,7H2. The van der Waals surface area contributed by atoms with E-state index in [9.17, 15) is 5.11 Å². The second-order valence-corrected chi connectivity index (χ2v) is 6.03. The molecule has 0 spiro atoms. The topological polar surface area (TPSA) is 54.5 Å². The Morgan fingerprint density at radius 1 is 1.28 bits per heavy atom. The molecule has 0 amide bonds. The summed E-state index contributed by atoms with van der Waals surface area (Å²) in [5.74, 6) is 1.73. The Morgan fingerprint density at radius 2 is 2.22 bits per heavy atom. The number of fused-ring (bicyclic) bond motifs is 2. The normalized spacial score (nSPS) is 46.3. The second kappa shape index (κ2) is 4.22. The van der Waals surface area contributed by atoms with Gasteiger partial charge in [0, 0.05) is 5.92 Å². The van der Waals surface area contributed by atoms with Crippen molar-refractivity contribution in [1.82, 2.24) is 0 Å². The van der Waals surface area contributed by atoms with Crippen molar-refractivity contribution in [2.24, 2.45) is 11.8 Å². The predicted octanol–water partition coefficient (Wildman–Crippen LogP) is 1.58. The van der Waals surface area contributed by atoms with E-state index < -0.39 is 6.29 Å². The van der Waals surface area contributed by atoms with Crippen LogP contribution in [0.1, 0.15) is 32.1 Å².